The number of rotatable bonds is 5. The third kappa shape index (κ3) is 3.91. The van der Waals surface area contributed by atoms with E-state index < -0.39 is 24.6 Å². The molecule has 6 heteroatoms. The molecule has 0 spiro atoms. The van der Waals surface area contributed by atoms with E-state index in [1.54, 1.807) is 24.3 Å². The first-order chi connectivity index (χ1) is 9.60. The van der Waals surface area contributed by atoms with E-state index in [0.29, 0.717) is 13.0 Å². The molecular formula is C14H20O6. The van der Waals surface area contributed by atoms with E-state index in [1.165, 1.54) is 0 Å². The largest absolute Gasteiger partial charge is 0.508 e. The van der Waals surface area contributed by atoms with Gasteiger partial charge in [0.15, 0.2) is 6.29 Å². The second-order valence-corrected chi connectivity index (χ2v) is 4.87. The zero-order valence-corrected chi connectivity index (χ0v) is 11.1. The Morgan fingerprint density at radius 3 is 2.55 bits per heavy atom. The highest BCUT2D eigenvalue weighted by atomic mass is 16.7. The molecule has 1 fully saturated rings. The van der Waals surface area contributed by atoms with Crippen LogP contribution >= 0.6 is 0 Å². The van der Waals surface area contributed by atoms with E-state index in [0.717, 1.165) is 5.56 Å². The van der Waals surface area contributed by atoms with Crippen LogP contribution in [0.2, 0.25) is 0 Å². The molecule has 20 heavy (non-hydrogen) atoms. The van der Waals surface area contributed by atoms with Gasteiger partial charge in [0.1, 0.15) is 18.0 Å². The number of ether oxygens (including phenoxy) is 2. The number of aliphatic hydroxyl groups excluding tert-OH is 3. The van der Waals surface area contributed by atoms with Crippen LogP contribution in [0, 0.1) is 0 Å². The highest BCUT2D eigenvalue weighted by Crippen LogP contribution is 2.21. The monoisotopic (exact) mass is 284 g/mol. The van der Waals surface area contributed by atoms with Gasteiger partial charge in [-0.2, -0.15) is 0 Å². The lowest BCUT2D eigenvalue weighted by atomic mass is 10.0. The van der Waals surface area contributed by atoms with Gasteiger partial charge in [0.05, 0.1) is 19.3 Å². The number of aliphatic hydroxyl groups is 3. The molecule has 1 aliphatic rings. The fourth-order valence-electron chi connectivity index (χ4n) is 2.14. The van der Waals surface area contributed by atoms with Crippen LogP contribution in [0.1, 0.15) is 12.0 Å². The molecule has 0 aromatic heterocycles. The van der Waals surface area contributed by atoms with Crippen LogP contribution in [-0.2, 0) is 15.9 Å². The van der Waals surface area contributed by atoms with E-state index >= 15 is 0 Å². The molecule has 1 aromatic carbocycles. The summed E-state index contributed by atoms with van der Waals surface area (Å²) in [4.78, 5) is 0. The van der Waals surface area contributed by atoms with Crippen LogP contribution in [0.5, 0.6) is 5.75 Å². The summed E-state index contributed by atoms with van der Waals surface area (Å²) in [6.45, 7) is 0.0203. The van der Waals surface area contributed by atoms with Gasteiger partial charge in [-0.3, -0.25) is 0 Å². The van der Waals surface area contributed by atoms with Crippen molar-refractivity contribution in [2.24, 2.45) is 0 Å². The van der Waals surface area contributed by atoms with Gasteiger partial charge in [-0.1, -0.05) is 12.1 Å². The van der Waals surface area contributed by atoms with Crippen molar-refractivity contribution in [3.05, 3.63) is 29.8 Å². The van der Waals surface area contributed by atoms with E-state index in [4.69, 9.17) is 19.7 Å². The molecule has 0 bridgehead atoms. The molecule has 1 aromatic rings. The van der Waals surface area contributed by atoms with Crippen molar-refractivity contribution in [3.63, 3.8) is 0 Å². The lowest BCUT2D eigenvalue weighted by Gasteiger charge is -2.36. The number of hydrogen-bond donors (Lipinski definition) is 4. The maximum atomic E-state index is 9.65. The van der Waals surface area contributed by atoms with E-state index in [2.05, 4.69) is 0 Å². The van der Waals surface area contributed by atoms with Crippen molar-refractivity contribution < 1.29 is 29.9 Å². The fraction of sp³-hybridized carbons (Fsp3) is 0.571. The first kappa shape index (κ1) is 15.2. The second kappa shape index (κ2) is 7.01. The number of phenolic OH excluding ortho intramolecular Hbond substituents is 1. The van der Waals surface area contributed by atoms with Crippen molar-refractivity contribution in [1.82, 2.24) is 0 Å². The predicted molar refractivity (Wildman–Crippen MR) is 70.1 cm³/mol. The average Bonchev–Trinajstić information content (AvgIpc) is 2.44. The minimum absolute atomic E-state index is 0.174. The molecule has 0 radical (unpaired) electrons. The van der Waals surface area contributed by atoms with Gasteiger partial charge in [0.25, 0.3) is 0 Å². The topological polar surface area (TPSA) is 99.4 Å². The van der Waals surface area contributed by atoms with Crippen molar-refractivity contribution in [2.75, 3.05) is 13.2 Å². The van der Waals surface area contributed by atoms with Crippen molar-refractivity contribution in [1.29, 1.82) is 0 Å². The SMILES string of the molecule is OC[C@H]1O[C@@H](OCCc2ccc(O)cc2)C[C@@H](O)[C@@H]1O. The second-order valence-electron chi connectivity index (χ2n) is 4.87. The van der Waals surface area contributed by atoms with E-state index in [1.807, 2.05) is 0 Å². The van der Waals surface area contributed by atoms with Crippen LogP contribution < -0.4 is 0 Å². The highest BCUT2D eigenvalue weighted by molar-refractivity contribution is 5.25. The minimum Gasteiger partial charge on any atom is -0.508 e. The third-order valence-electron chi connectivity index (χ3n) is 3.35. The summed E-state index contributed by atoms with van der Waals surface area (Å²) in [5, 5.41) is 37.4. The van der Waals surface area contributed by atoms with Gasteiger partial charge in [-0.25, -0.2) is 0 Å². The first-order valence-corrected chi connectivity index (χ1v) is 6.62. The van der Waals surface area contributed by atoms with E-state index in [9.17, 15) is 10.2 Å². The lowest BCUT2D eigenvalue weighted by Crippen LogP contribution is -2.50. The molecule has 0 aliphatic carbocycles. The van der Waals surface area contributed by atoms with Crippen molar-refractivity contribution in [3.8, 4) is 5.75 Å². The lowest BCUT2D eigenvalue weighted by molar-refractivity contribution is -0.256. The normalized spacial score (nSPS) is 30.4. The maximum Gasteiger partial charge on any atom is 0.160 e. The van der Waals surface area contributed by atoms with Gasteiger partial charge >= 0.3 is 0 Å². The maximum absolute atomic E-state index is 9.65. The molecule has 0 amide bonds. The van der Waals surface area contributed by atoms with Gasteiger partial charge in [-0.05, 0) is 24.1 Å². The molecule has 1 heterocycles. The molecule has 6 nitrogen and oxygen atoms in total. The highest BCUT2D eigenvalue weighted by Gasteiger charge is 2.36. The van der Waals surface area contributed by atoms with Crippen molar-refractivity contribution >= 4 is 0 Å². The standard InChI is InChI=1S/C14H20O6/c15-8-12-14(18)11(17)7-13(20-12)19-6-5-9-1-3-10(16)4-2-9/h1-4,11-18H,5-8H2/t11-,12-,13-,14+/m1/s1. The zero-order chi connectivity index (χ0) is 14.5. The Kier molecular flexibility index (Phi) is 5.33. The summed E-state index contributed by atoms with van der Waals surface area (Å²) in [7, 11) is 0. The molecule has 112 valence electrons. The van der Waals surface area contributed by atoms with Gasteiger partial charge < -0.3 is 29.9 Å². The van der Waals surface area contributed by atoms with Crippen molar-refractivity contribution in [2.45, 2.75) is 37.4 Å². The summed E-state index contributed by atoms with van der Waals surface area (Å²) in [6.07, 6.45) is -2.69. The van der Waals surface area contributed by atoms with Crippen LogP contribution in [0.4, 0.5) is 0 Å². The number of aromatic hydroxyl groups is 1. The van der Waals surface area contributed by atoms with Gasteiger partial charge in [0.2, 0.25) is 0 Å². The quantitative estimate of drug-likeness (QED) is 0.596. The van der Waals surface area contributed by atoms with Crippen LogP contribution in [-0.4, -0.2) is 58.2 Å². The smallest absolute Gasteiger partial charge is 0.160 e. The Hall–Kier alpha value is -1.18. The summed E-state index contributed by atoms with van der Waals surface area (Å²) in [5.41, 5.74) is 1.01. The summed E-state index contributed by atoms with van der Waals surface area (Å²) in [6, 6.07) is 6.81. The molecule has 0 saturated carbocycles. The summed E-state index contributed by atoms with van der Waals surface area (Å²) < 4.78 is 10.9. The third-order valence-corrected chi connectivity index (χ3v) is 3.35. The molecule has 0 unspecified atom stereocenters. The number of phenols is 1. The Labute approximate surface area is 117 Å². The average molecular weight is 284 g/mol. The Bertz CT molecular complexity index is 407. The Morgan fingerprint density at radius 2 is 1.90 bits per heavy atom. The Morgan fingerprint density at radius 1 is 1.20 bits per heavy atom. The van der Waals surface area contributed by atoms with Crippen LogP contribution in [0.3, 0.4) is 0 Å². The van der Waals surface area contributed by atoms with Gasteiger partial charge in [0, 0.05) is 6.42 Å². The molecule has 4 atom stereocenters. The van der Waals surface area contributed by atoms with Gasteiger partial charge in [-0.15, -0.1) is 0 Å². The minimum atomic E-state index is -1.09. The predicted octanol–water partition coefficient (Wildman–Crippen LogP) is -0.220. The molecular weight excluding hydrogens is 264 g/mol. The first-order valence-electron chi connectivity index (χ1n) is 6.62. The Balaban J connectivity index is 1.77. The molecule has 1 saturated heterocycles. The fourth-order valence-corrected chi connectivity index (χ4v) is 2.14. The summed E-state index contributed by atoms with van der Waals surface area (Å²) >= 11 is 0. The molecule has 2 rings (SSSR count). The van der Waals surface area contributed by atoms with Crippen LogP contribution in [0.15, 0.2) is 24.3 Å². The summed E-state index contributed by atoms with van der Waals surface area (Å²) in [5.74, 6) is 0.216. The molecule has 4 N–H and O–H groups in total. The number of hydrogen-bond acceptors (Lipinski definition) is 6. The zero-order valence-electron chi connectivity index (χ0n) is 11.1. The van der Waals surface area contributed by atoms with Crippen LogP contribution in [0.25, 0.3) is 0 Å². The number of benzene rings is 1. The van der Waals surface area contributed by atoms with E-state index in [-0.39, 0.29) is 18.8 Å². The molecule has 1 aliphatic heterocycles.